The number of benzene rings is 1. The molecule has 1 aromatic heterocycles. The maximum Gasteiger partial charge on any atom is 0.325 e. The van der Waals surface area contributed by atoms with Crippen LogP contribution in [0.3, 0.4) is 0 Å². The van der Waals surface area contributed by atoms with Crippen LogP contribution in [0.4, 0.5) is 10.2 Å². The molecule has 2 aromatic rings. The van der Waals surface area contributed by atoms with Gasteiger partial charge in [-0.2, -0.15) is 0 Å². The minimum atomic E-state index is -1.01. The molecule has 1 aromatic carbocycles. The molecule has 3 aliphatic rings. The second kappa shape index (κ2) is 14.5. The molecule has 10 heteroatoms. The predicted molar refractivity (Wildman–Crippen MR) is 157 cm³/mol. The summed E-state index contributed by atoms with van der Waals surface area (Å²) in [7, 11) is 3.10. The lowest BCUT2D eigenvalue weighted by molar-refractivity contribution is -0.143. The van der Waals surface area contributed by atoms with Gasteiger partial charge in [-0.15, -0.1) is 0 Å². The molecule has 42 heavy (non-hydrogen) atoms. The van der Waals surface area contributed by atoms with E-state index in [1.165, 1.54) is 18.7 Å². The SMILES string of the molecule is COc1cc(CCCCCO[C@@H]2CCN([C@@H](C(=O)O)c3cc(C4CCOCC4)cc(F)c3OC)C2)nc2c1CCCN2. The summed E-state index contributed by atoms with van der Waals surface area (Å²) in [5.41, 5.74) is 3.40. The number of nitrogens with zero attached hydrogens (tertiary/aromatic N) is 2. The number of unbranched alkanes of at least 4 members (excludes halogenated alkanes) is 2. The van der Waals surface area contributed by atoms with Crippen LogP contribution >= 0.6 is 0 Å². The number of rotatable bonds is 13. The molecule has 4 heterocycles. The van der Waals surface area contributed by atoms with Gasteiger partial charge >= 0.3 is 5.97 Å². The number of aromatic nitrogens is 1. The van der Waals surface area contributed by atoms with E-state index in [1.54, 1.807) is 7.11 Å². The first-order valence-corrected chi connectivity index (χ1v) is 15.3. The summed E-state index contributed by atoms with van der Waals surface area (Å²) in [6.45, 7) is 3.86. The van der Waals surface area contributed by atoms with E-state index in [0.29, 0.717) is 38.5 Å². The zero-order chi connectivity index (χ0) is 29.5. The van der Waals surface area contributed by atoms with Crippen molar-refractivity contribution in [2.75, 3.05) is 59.0 Å². The molecule has 9 nitrogen and oxygen atoms in total. The summed E-state index contributed by atoms with van der Waals surface area (Å²) in [6.07, 6.45) is 8.17. The van der Waals surface area contributed by atoms with Gasteiger partial charge in [0.15, 0.2) is 11.6 Å². The Hall–Kier alpha value is -2.95. The fourth-order valence-corrected chi connectivity index (χ4v) is 6.54. The molecule has 5 rings (SSSR count). The number of pyridine rings is 1. The van der Waals surface area contributed by atoms with Gasteiger partial charge in [0.1, 0.15) is 17.6 Å². The number of hydrogen-bond donors (Lipinski definition) is 2. The lowest BCUT2D eigenvalue weighted by Gasteiger charge is -2.28. The van der Waals surface area contributed by atoms with Crippen LogP contribution in [0.25, 0.3) is 0 Å². The van der Waals surface area contributed by atoms with Crippen molar-refractivity contribution in [2.24, 2.45) is 0 Å². The third-order valence-corrected chi connectivity index (χ3v) is 8.74. The Bertz CT molecular complexity index is 1200. The Morgan fingerprint density at radius 2 is 2.00 bits per heavy atom. The van der Waals surface area contributed by atoms with E-state index in [0.717, 1.165) is 87.2 Å². The lowest BCUT2D eigenvalue weighted by atomic mass is 9.89. The predicted octanol–water partition coefficient (Wildman–Crippen LogP) is 5.12. The zero-order valence-corrected chi connectivity index (χ0v) is 24.8. The highest BCUT2D eigenvalue weighted by Crippen LogP contribution is 2.39. The summed E-state index contributed by atoms with van der Waals surface area (Å²) >= 11 is 0. The third kappa shape index (κ3) is 7.15. The number of carbonyl (C=O) groups is 1. The second-order valence-electron chi connectivity index (χ2n) is 11.5. The van der Waals surface area contributed by atoms with Gasteiger partial charge in [-0.25, -0.2) is 9.37 Å². The third-order valence-electron chi connectivity index (χ3n) is 8.74. The van der Waals surface area contributed by atoms with Crippen LogP contribution in [0.5, 0.6) is 11.5 Å². The van der Waals surface area contributed by atoms with E-state index >= 15 is 4.39 Å². The van der Waals surface area contributed by atoms with Crippen LogP contribution in [-0.4, -0.2) is 80.7 Å². The molecule has 2 N–H and O–H groups in total. The summed E-state index contributed by atoms with van der Waals surface area (Å²) in [5.74, 6) is 0.495. The van der Waals surface area contributed by atoms with Crippen molar-refractivity contribution in [2.45, 2.75) is 75.9 Å². The van der Waals surface area contributed by atoms with Crippen molar-refractivity contribution in [3.05, 3.63) is 46.4 Å². The average Bonchev–Trinajstić information content (AvgIpc) is 3.46. The molecule has 2 saturated heterocycles. The minimum Gasteiger partial charge on any atom is -0.496 e. The molecule has 0 unspecified atom stereocenters. The molecule has 230 valence electrons. The van der Waals surface area contributed by atoms with Gasteiger partial charge < -0.3 is 29.4 Å². The number of aryl methyl sites for hydroxylation is 1. The normalized spacial score (nSPS) is 20.1. The van der Waals surface area contributed by atoms with Gasteiger partial charge in [-0.1, -0.05) is 6.42 Å². The van der Waals surface area contributed by atoms with E-state index in [-0.39, 0.29) is 17.8 Å². The van der Waals surface area contributed by atoms with Gasteiger partial charge in [0.2, 0.25) is 0 Å². The number of fused-ring (bicyclic) bond motifs is 1. The van der Waals surface area contributed by atoms with Gasteiger partial charge in [-0.05, 0) is 75.0 Å². The van der Waals surface area contributed by atoms with Crippen molar-refractivity contribution in [3.63, 3.8) is 0 Å². The first kappa shape index (κ1) is 30.5. The summed E-state index contributed by atoms with van der Waals surface area (Å²) in [5, 5.41) is 13.6. The Labute approximate surface area is 247 Å². The van der Waals surface area contributed by atoms with Gasteiger partial charge in [0, 0.05) is 62.3 Å². The highest BCUT2D eigenvalue weighted by Gasteiger charge is 2.37. The van der Waals surface area contributed by atoms with Gasteiger partial charge in [0.05, 0.1) is 20.3 Å². The Kier molecular flexibility index (Phi) is 10.5. The molecule has 0 amide bonds. The summed E-state index contributed by atoms with van der Waals surface area (Å²) < 4.78 is 37.7. The molecule has 0 aliphatic carbocycles. The second-order valence-corrected chi connectivity index (χ2v) is 11.5. The van der Waals surface area contributed by atoms with Gasteiger partial charge in [0.25, 0.3) is 0 Å². The van der Waals surface area contributed by atoms with Crippen molar-refractivity contribution >= 4 is 11.8 Å². The van der Waals surface area contributed by atoms with Crippen LogP contribution in [0, 0.1) is 5.82 Å². The largest absolute Gasteiger partial charge is 0.496 e. The van der Waals surface area contributed by atoms with E-state index in [4.69, 9.17) is 23.9 Å². The van der Waals surface area contributed by atoms with E-state index in [1.807, 2.05) is 11.0 Å². The van der Waals surface area contributed by atoms with Crippen LogP contribution in [-0.2, 0) is 27.1 Å². The van der Waals surface area contributed by atoms with Crippen LogP contribution in [0.15, 0.2) is 18.2 Å². The van der Waals surface area contributed by atoms with E-state index in [9.17, 15) is 9.90 Å². The molecule has 0 radical (unpaired) electrons. The number of nitrogens with one attached hydrogen (secondary N) is 1. The highest BCUT2D eigenvalue weighted by atomic mass is 19.1. The van der Waals surface area contributed by atoms with E-state index < -0.39 is 17.8 Å². The number of carboxylic acid groups (broad SMARTS) is 1. The van der Waals surface area contributed by atoms with Crippen LogP contribution in [0.1, 0.15) is 79.3 Å². The standard InChI is InChI=1S/C32H44FN3O6/c1-39-28-19-23(35-31-25(28)8-6-12-34-31)7-4-3-5-14-42-24-9-13-36(20-24)29(32(37)38)26-17-22(18-27(33)30(26)40-2)21-10-15-41-16-11-21/h17-19,21,24,29H,3-16,20H2,1-2H3,(H,34,35)(H,37,38)/t24-,29-/m1/s1. The number of methoxy groups -OCH3 is 2. The zero-order valence-electron chi connectivity index (χ0n) is 24.8. The number of halogens is 1. The molecule has 3 aliphatic heterocycles. The number of ether oxygens (including phenoxy) is 4. The van der Waals surface area contributed by atoms with Crippen LogP contribution in [0.2, 0.25) is 0 Å². The van der Waals surface area contributed by atoms with Crippen LogP contribution < -0.4 is 14.8 Å². The molecular weight excluding hydrogens is 541 g/mol. The number of hydrogen-bond acceptors (Lipinski definition) is 8. The van der Waals surface area contributed by atoms with Gasteiger partial charge in [-0.3, -0.25) is 9.69 Å². The minimum absolute atomic E-state index is 0.00407. The number of likely N-dealkylation sites (tertiary alicyclic amines) is 1. The molecule has 0 bridgehead atoms. The summed E-state index contributed by atoms with van der Waals surface area (Å²) in [4.78, 5) is 19.2. The number of aliphatic carboxylic acids is 1. The van der Waals surface area contributed by atoms with Crippen molar-refractivity contribution < 1.29 is 33.2 Å². The Morgan fingerprint density at radius 3 is 2.76 bits per heavy atom. The first-order chi connectivity index (χ1) is 20.5. The molecule has 0 saturated carbocycles. The fourth-order valence-electron chi connectivity index (χ4n) is 6.54. The maximum absolute atomic E-state index is 15.1. The van der Waals surface area contributed by atoms with E-state index in [2.05, 4.69) is 11.4 Å². The molecule has 2 atom stereocenters. The smallest absolute Gasteiger partial charge is 0.325 e. The number of anilines is 1. The number of carboxylic acids is 1. The average molecular weight is 586 g/mol. The summed E-state index contributed by atoms with van der Waals surface area (Å²) in [6, 6.07) is 4.38. The maximum atomic E-state index is 15.1. The lowest BCUT2D eigenvalue weighted by Crippen LogP contribution is -2.34. The van der Waals surface area contributed by atoms with Crippen molar-refractivity contribution in [1.29, 1.82) is 0 Å². The van der Waals surface area contributed by atoms with Crippen molar-refractivity contribution in [1.82, 2.24) is 9.88 Å². The Balaban J connectivity index is 1.12. The highest BCUT2D eigenvalue weighted by molar-refractivity contribution is 5.77. The molecule has 0 spiro atoms. The topological polar surface area (TPSA) is 102 Å². The fraction of sp³-hybridized carbons (Fsp3) is 0.625. The molecule has 2 fully saturated rings. The molecular formula is C32H44FN3O6. The Morgan fingerprint density at radius 1 is 1.17 bits per heavy atom. The van der Waals surface area contributed by atoms with Crippen molar-refractivity contribution in [3.8, 4) is 11.5 Å². The quantitative estimate of drug-likeness (QED) is 0.310. The monoisotopic (exact) mass is 585 g/mol. The first-order valence-electron chi connectivity index (χ1n) is 15.3.